The van der Waals surface area contributed by atoms with Crippen LogP contribution in [0.1, 0.15) is 26.4 Å². The number of hydrogen-bond donors (Lipinski definition) is 2. The second-order valence-electron chi connectivity index (χ2n) is 5.71. The quantitative estimate of drug-likeness (QED) is 0.666. The summed E-state index contributed by atoms with van der Waals surface area (Å²) in [4.78, 5) is 33.1. The van der Waals surface area contributed by atoms with Crippen LogP contribution in [0, 0.1) is 0 Å². The van der Waals surface area contributed by atoms with Crippen molar-refractivity contribution in [1.82, 2.24) is 15.3 Å². The van der Waals surface area contributed by atoms with Crippen molar-refractivity contribution >= 4 is 29.2 Å². The number of nitrogens with one attached hydrogen (secondary N) is 2. The smallest absolute Gasteiger partial charge is 0.274 e. The highest BCUT2D eigenvalue weighted by molar-refractivity contribution is 6.31. The highest BCUT2D eigenvalue weighted by Crippen LogP contribution is 2.16. The van der Waals surface area contributed by atoms with E-state index in [1.165, 1.54) is 12.4 Å². The molecule has 0 aliphatic carbocycles. The highest BCUT2D eigenvalue weighted by Gasteiger charge is 2.17. The van der Waals surface area contributed by atoms with Crippen LogP contribution < -0.4 is 15.4 Å². The standard InChI is InChI=1S/C20H17ClN4O3/c1-28-15-8-6-13(7-9-15)19(26)25-18-17(22-10-11-23-18)20(27)24-12-14-4-2-3-5-16(14)21/h2-11H,12H2,1H3,(H,24,27)(H,23,25,26). The number of amides is 2. The molecule has 0 fully saturated rings. The summed E-state index contributed by atoms with van der Waals surface area (Å²) in [6.45, 7) is 0.223. The van der Waals surface area contributed by atoms with Crippen LogP contribution in [-0.2, 0) is 6.54 Å². The van der Waals surface area contributed by atoms with Crippen LogP contribution in [0.3, 0.4) is 0 Å². The lowest BCUT2D eigenvalue weighted by atomic mass is 10.2. The fourth-order valence-electron chi connectivity index (χ4n) is 2.42. The van der Waals surface area contributed by atoms with E-state index in [0.29, 0.717) is 16.3 Å². The Morgan fingerprint density at radius 1 is 1.00 bits per heavy atom. The summed E-state index contributed by atoms with van der Waals surface area (Å²) in [5.74, 6) is -0.183. The molecule has 0 aliphatic rings. The third-order valence-corrected chi connectivity index (χ3v) is 4.26. The minimum atomic E-state index is -0.474. The molecule has 8 heteroatoms. The predicted octanol–water partition coefficient (Wildman–Crippen LogP) is 3.32. The number of halogens is 1. The monoisotopic (exact) mass is 396 g/mol. The summed E-state index contributed by atoms with van der Waals surface area (Å²) in [6.07, 6.45) is 2.78. The Balaban J connectivity index is 1.72. The maximum absolute atomic E-state index is 12.5. The molecule has 2 aromatic carbocycles. The van der Waals surface area contributed by atoms with Gasteiger partial charge >= 0.3 is 0 Å². The van der Waals surface area contributed by atoms with Crippen LogP contribution in [0.25, 0.3) is 0 Å². The van der Waals surface area contributed by atoms with Gasteiger partial charge in [0.2, 0.25) is 0 Å². The molecule has 0 radical (unpaired) electrons. The van der Waals surface area contributed by atoms with Crippen LogP contribution in [0.5, 0.6) is 5.75 Å². The fraction of sp³-hybridized carbons (Fsp3) is 0.100. The zero-order valence-electron chi connectivity index (χ0n) is 15.0. The average Bonchev–Trinajstić information content (AvgIpc) is 2.73. The molecule has 3 rings (SSSR count). The molecule has 0 atom stereocenters. The number of hydrogen-bond acceptors (Lipinski definition) is 5. The number of rotatable bonds is 6. The number of aromatic nitrogens is 2. The Morgan fingerprint density at radius 2 is 1.71 bits per heavy atom. The number of methoxy groups -OCH3 is 1. The number of nitrogens with zero attached hydrogens (tertiary/aromatic N) is 2. The Bertz CT molecular complexity index is 993. The molecule has 1 heterocycles. The first-order valence-electron chi connectivity index (χ1n) is 8.36. The lowest BCUT2D eigenvalue weighted by molar-refractivity contribution is 0.0946. The van der Waals surface area contributed by atoms with Crippen molar-refractivity contribution in [2.24, 2.45) is 0 Å². The summed E-state index contributed by atoms with van der Waals surface area (Å²) < 4.78 is 5.07. The van der Waals surface area contributed by atoms with Crippen LogP contribution in [-0.4, -0.2) is 28.9 Å². The molecule has 0 saturated carbocycles. The van der Waals surface area contributed by atoms with Gasteiger partial charge in [0.15, 0.2) is 11.5 Å². The van der Waals surface area contributed by atoms with Gasteiger partial charge in [-0.05, 0) is 35.9 Å². The van der Waals surface area contributed by atoms with Crippen molar-refractivity contribution in [2.75, 3.05) is 12.4 Å². The minimum absolute atomic E-state index is 0.0106. The highest BCUT2D eigenvalue weighted by atomic mass is 35.5. The van der Waals surface area contributed by atoms with E-state index in [1.54, 1.807) is 37.4 Å². The van der Waals surface area contributed by atoms with E-state index in [-0.39, 0.29) is 18.1 Å². The van der Waals surface area contributed by atoms with Crippen molar-refractivity contribution in [3.8, 4) is 5.75 Å². The van der Waals surface area contributed by atoms with E-state index in [9.17, 15) is 9.59 Å². The number of anilines is 1. The third kappa shape index (κ3) is 4.63. The van der Waals surface area contributed by atoms with Gasteiger partial charge in [0, 0.05) is 29.5 Å². The first-order chi connectivity index (χ1) is 13.6. The Hall–Kier alpha value is -3.45. The van der Waals surface area contributed by atoms with Crippen molar-refractivity contribution in [2.45, 2.75) is 6.54 Å². The summed E-state index contributed by atoms with van der Waals surface area (Å²) in [6, 6.07) is 13.8. The van der Waals surface area contributed by atoms with Crippen molar-refractivity contribution in [3.05, 3.63) is 82.8 Å². The summed E-state index contributed by atoms with van der Waals surface area (Å²) in [5.41, 5.74) is 1.18. The molecular weight excluding hydrogens is 380 g/mol. The second-order valence-corrected chi connectivity index (χ2v) is 6.12. The van der Waals surface area contributed by atoms with Gasteiger partial charge in [0.1, 0.15) is 5.75 Å². The summed E-state index contributed by atoms with van der Waals surface area (Å²) >= 11 is 6.10. The van der Waals surface area contributed by atoms with Crippen molar-refractivity contribution in [3.63, 3.8) is 0 Å². The first kappa shape index (κ1) is 19.3. The molecule has 28 heavy (non-hydrogen) atoms. The van der Waals surface area contributed by atoms with Gasteiger partial charge in [-0.1, -0.05) is 29.8 Å². The van der Waals surface area contributed by atoms with Crippen molar-refractivity contribution < 1.29 is 14.3 Å². The topological polar surface area (TPSA) is 93.2 Å². The number of benzene rings is 2. The second kappa shape index (κ2) is 8.96. The minimum Gasteiger partial charge on any atom is -0.497 e. The Kier molecular flexibility index (Phi) is 6.18. The molecule has 0 saturated heterocycles. The normalized spacial score (nSPS) is 10.2. The van der Waals surface area contributed by atoms with Crippen LogP contribution in [0.2, 0.25) is 5.02 Å². The third-order valence-electron chi connectivity index (χ3n) is 3.89. The van der Waals surface area contributed by atoms with Crippen LogP contribution in [0.4, 0.5) is 5.82 Å². The Labute approximate surface area is 166 Å². The molecular formula is C20H17ClN4O3. The van der Waals surface area contributed by atoms with Gasteiger partial charge in [-0.2, -0.15) is 0 Å². The molecule has 2 amide bonds. The van der Waals surface area contributed by atoms with E-state index in [4.69, 9.17) is 16.3 Å². The summed E-state index contributed by atoms with van der Waals surface area (Å²) in [7, 11) is 1.54. The van der Waals surface area contributed by atoms with E-state index in [0.717, 1.165) is 5.56 Å². The van der Waals surface area contributed by atoms with Gasteiger partial charge in [0.25, 0.3) is 11.8 Å². The van der Waals surface area contributed by atoms with E-state index >= 15 is 0 Å². The van der Waals surface area contributed by atoms with Crippen LogP contribution in [0.15, 0.2) is 60.9 Å². The maximum atomic E-state index is 12.5. The maximum Gasteiger partial charge on any atom is 0.274 e. The molecule has 2 N–H and O–H groups in total. The fourth-order valence-corrected chi connectivity index (χ4v) is 2.62. The number of carbonyl (C=O) groups excluding carboxylic acids is 2. The number of ether oxygens (including phenoxy) is 1. The van der Waals surface area contributed by atoms with Gasteiger partial charge in [-0.15, -0.1) is 0 Å². The zero-order chi connectivity index (χ0) is 19.9. The summed E-state index contributed by atoms with van der Waals surface area (Å²) in [5, 5.41) is 5.90. The number of carbonyl (C=O) groups is 2. The average molecular weight is 397 g/mol. The van der Waals surface area contributed by atoms with Gasteiger partial charge < -0.3 is 15.4 Å². The van der Waals surface area contributed by atoms with Crippen LogP contribution >= 0.6 is 11.6 Å². The van der Waals surface area contributed by atoms with E-state index in [2.05, 4.69) is 20.6 Å². The zero-order valence-corrected chi connectivity index (χ0v) is 15.7. The molecule has 0 spiro atoms. The van der Waals surface area contributed by atoms with E-state index < -0.39 is 11.8 Å². The molecule has 3 aromatic rings. The van der Waals surface area contributed by atoms with E-state index in [1.807, 2.05) is 18.2 Å². The van der Waals surface area contributed by atoms with Gasteiger partial charge in [0.05, 0.1) is 7.11 Å². The first-order valence-corrected chi connectivity index (χ1v) is 8.74. The molecule has 7 nitrogen and oxygen atoms in total. The van der Waals surface area contributed by atoms with Gasteiger partial charge in [-0.25, -0.2) is 9.97 Å². The van der Waals surface area contributed by atoms with Gasteiger partial charge in [-0.3, -0.25) is 9.59 Å². The Morgan fingerprint density at radius 3 is 2.43 bits per heavy atom. The largest absolute Gasteiger partial charge is 0.497 e. The molecule has 0 aliphatic heterocycles. The molecule has 0 unspecified atom stereocenters. The SMILES string of the molecule is COc1ccc(C(=O)Nc2nccnc2C(=O)NCc2ccccc2Cl)cc1. The molecule has 142 valence electrons. The van der Waals surface area contributed by atoms with Crippen molar-refractivity contribution in [1.29, 1.82) is 0 Å². The lowest BCUT2D eigenvalue weighted by Gasteiger charge is -2.10. The molecule has 1 aromatic heterocycles. The predicted molar refractivity (Wildman–Crippen MR) is 106 cm³/mol. The lowest BCUT2D eigenvalue weighted by Crippen LogP contribution is -2.26. The molecule has 0 bridgehead atoms.